The fraction of sp³-hybridized carbons (Fsp3) is 0.556. The number of halogens is 1. The van der Waals surface area contributed by atoms with Gasteiger partial charge in [0.1, 0.15) is 0 Å². The maximum absolute atomic E-state index is 13.1. The van der Waals surface area contributed by atoms with Crippen LogP contribution in [0.2, 0.25) is 5.02 Å². The fourth-order valence-electron chi connectivity index (χ4n) is 4.91. The number of aromatic nitrogens is 1. The van der Waals surface area contributed by atoms with E-state index in [1.165, 1.54) is 32.1 Å². The molecule has 1 aliphatic heterocycles. The molecule has 7 heteroatoms. The van der Waals surface area contributed by atoms with E-state index < -0.39 is 0 Å². The Morgan fingerprint density at radius 1 is 1.06 bits per heavy atom. The lowest BCUT2D eigenvalue weighted by Gasteiger charge is -2.28. The number of nitrogens with one attached hydrogen (secondary N) is 3. The smallest absolute Gasteiger partial charge is 0.253 e. The van der Waals surface area contributed by atoms with Crippen LogP contribution in [0.4, 0.5) is 0 Å². The monoisotopic (exact) mass is 484 g/mol. The lowest BCUT2D eigenvalue weighted by Crippen LogP contribution is -2.56. The van der Waals surface area contributed by atoms with Crippen LogP contribution in [0, 0.1) is 12.8 Å². The third-order valence-corrected chi connectivity index (χ3v) is 7.06. The van der Waals surface area contributed by atoms with Gasteiger partial charge >= 0.3 is 0 Å². The minimum atomic E-state index is -0.348. The third kappa shape index (κ3) is 5.84. The van der Waals surface area contributed by atoms with Crippen LogP contribution in [0.5, 0.6) is 0 Å². The first-order valence-electron chi connectivity index (χ1n) is 12.5. The molecule has 1 aromatic heterocycles. The van der Waals surface area contributed by atoms with Crippen molar-refractivity contribution in [3.63, 3.8) is 0 Å². The van der Waals surface area contributed by atoms with Crippen molar-refractivity contribution in [2.24, 2.45) is 5.92 Å². The van der Waals surface area contributed by atoms with E-state index in [9.17, 15) is 9.59 Å². The van der Waals surface area contributed by atoms with Crippen molar-refractivity contribution >= 4 is 23.4 Å². The van der Waals surface area contributed by atoms with E-state index in [1.54, 1.807) is 6.07 Å². The molecule has 2 heterocycles. The molecule has 2 aliphatic rings. The summed E-state index contributed by atoms with van der Waals surface area (Å²) in [5.74, 6) is 0.391. The van der Waals surface area contributed by atoms with Gasteiger partial charge in [-0.15, -0.1) is 0 Å². The summed E-state index contributed by atoms with van der Waals surface area (Å²) < 4.78 is 2.26. The molecule has 0 radical (unpaired) electrons. The summed E-state index contributed by atoms with van der Waals surface area (Å²) in [4.78, 5) is 26.0. The van der Waals surface area contributed by atoms with Gasteiger partial charge in [0.2, 0.25) is 0 Å². The van der Waals surface area contributed by atoms with E-state index in [2.05, 4.69) is 20.5 Å². The SMILES string of the molecule is Cc1c(C(=O)NC2CNC2)cc(-c2cc(Cl)cc(C(=O)NC(C)(C)C)c2)n1CC1CCCCC1. The standard InChI is InChI=1S/C27H37ClN4O2/c1-17-23(26(34)30-22-14-29-15-22)13-24(32(17)16-18-8-6-5-7-9-18)19-10-20(12-21(28)11-19)25(33)31-27(2,3)4/h10-13,18,22,29H,5-9,14-16H2,1-4H3,(H,30,34)(H,31,33). The zero-order chi connectivity index (χ0) is 24.5. The molecule has 0 bridgehead atoms. The van der Waals surface area contributed by atoms with Crippen LogP contribution in [-0.2, 0) is 6.54 Å². The van der Waals surface area contributed by atoms with Crippen molar-refractivity contribution in [2.45, 2.75) is 77.9 Å². The van der Waals surface area contributed by atoms with E-state index in [0.29, 0.717) is 22.1 Å². The summed E-state index contributed by atoms with van der Waals surface area (Å²) in [6.07, 6.45) is 6.24. The quantitative estimate of drug-likeness (QED) is 0.544. The lowest BCUT2D eigenvalue weighted by molar-refractivity contribution is 0.0912. The van der Waals surface area contributed by atoms with Gasteiger partial charge in [0.05, 0.1) is 11.6 Å². The Balaban J connectivity index is 1.72. The van der Waals surface area contributed by atoms with Gasteiger partial charge in [0, 0.05) is 52.7 Å². The third-order valence-electron chi connectivity index (χ3n) is 6.84. The Hall–Kier alpha value is -2.31. The molecule has 1 aromatic carbocycles. The first-order valence-corrected chi connectivity index (χ1v) is 12.8. The van der Waals surface area contributed by atoms with Gasteiger partial charge in [-0.2, -0.15) is 0 Å². The van der Waals surface area contributed by atoms with Crippen LogP contribution in [0.15, 0.2) is 24.3 Å². The average Bonchev–Trinajstić information content (AvgIpc) is 3.06. The van der Waals surface area contributed by atoms with Crippen LogP contribution < -0.4 is 16.0 Å². The lowest BCUT2D eigenvalue weighted by atomic mass is 9.89. The predicted molar refractivity (Wildman–Crippen MR) is 138 cm³/mol. The zero-order valence-electron chi connectivity index (χ0n) is 20.8. The molecule has 4 rings (SSSR count). The van der Waals surface area contributed by atoms with Crippen LogP contribution in [0.25, 0.3) is 11.3 Å². The molecule has 2 aromatic rings. The fourth-order valence-corrected chi connectivity index (χ4v) is 5.15. The minimum Gasteiger partial charge on any atom is -0.347 e. The van der Waals surface area contributed by atoms with Crippen LogP contribution >= 0.6 is 11.6 Å². The Morgan fingerprint density at radius 3 is 2.38 bits per heavy atom. The molecule has 6 nitrogen and oxygen atoms in total. The second-order valence-electron chi connectivity index (χ2n) is 10.9. The summed E-state index contributed by atoms with van der Waals surface area (Å²) in [5.41, 5.74) is 3.62. The summed E-state index contributed by atoms with van der Waals surface area (Å²) in [5, 5.41) is 9.85. The molecule has 1 saturated heterocycles. The highest BCUT2D eigenvalue weighted by Crippen LogP contribution is 2.33. The molecule has 34 heavy (non-hydrogen) atoms. The Bertz CT molecular complexity index is 1060. The number of nitrogens with zero attached hydrogens (tertiary/aromatic N) is 1. The summed E-state index contributed by atoms with van der Waals surface area (Å²) in [7, 11) is 0. The second kappa shape index (κ2) is 10.1. The molecule has 0 atom stereocenters. The number of hydrogen-bond donors (Lipinski definition) is 3. The Labute approximate surface area is 207 Å². The van der Waals surface area contributed by atoms with E-state index >= 15 is 0 Å². The van der Waals surface area contributed by atoms with E-state index in [4.69, 9.17) is 11.6 Å². The highest BCUT2D eigenvalue weighted by Gasteiger charge is 2.26. The molecular formula is C27H37ClN4O2. The highest BCUT2D eigenvalue weighted by molar-refractivity contribution is 6.31. The van der Waals surface area contributed by atoms with Crippen molar-refractivity contribution in [1.29, 1.82) is 0 Å². The Morgan fingerprint density at radius 2 is 1.76 bits per heavy atom. The first-order chi connectivity index (χ1) is 16.1. The number of amides is 2. The van der Waals surface area contributed by atoms with Gasteiger partial charge in [-0.3, -0.25) is 9.59 Å². The van der Waals surface area contributed by atoms with Gasteiger partial charge in [0.25, 0.3) is 11.8 Å². The number of rotatable bonds is 6. The number of benzene rings is 1. The number of carbonyl (C=O) groups is 2. The van der Waals surface area contributed by atoms with E-state index in [1.807, 2.05) is 45.9 Å². The van der Waals surface area contributed by atoms with Crippen LogP contribution in [-0.4, -0.2) is 41.1 Å². The molecule has 2 amide bonds. The molecule has 0 spiro atoms. The van der Waals surface area contributed by atoms with Gasteiger partial charge in [0.15, 0.2) is 0 Å². The van der Waals surface area contributed by atoms with Crippen LogP contribution in [0.3, 0.4) is 0 Å². The van der Waals surface area contributed by atoms with Crippen molar-refractivity contribution in [3.05, 3.63) is 46.1 Å². The Kier molecular flexibility index (Phi) is 7.39. The maximum atomic E-state index is 13.1. The molecule has 184 valence electrons. The van der Waals surface area contributed by atoms with Crippen LogP contribution in [0.1, 0.15) is 79.3 Å². The molecule has 1 aliphatic carbocycles. The van der Waals surface area contributed by atoms with Crippen molar-refractivity contribution < 1.29 is 9.59 Å². The largest absolute Gasteiger partial charge is 0.347 e. The summed E-state index contributed by atoms with van der Waals surface area (Å²) in [6, 6.07) is 7.62. The number of carbonyl (C=O) groups excluding carboxylic acids is 2. The van der Waals surface area contributed by atoms with Crippen molar-refractivity contribution in [1.82, 2.24) is 20.5 Å². The molecule has 3 N–H and O–H groups in total. The highest BCUT2D eigenvalue weighted by atomic mass is 35.5. The summed E-state index contributed by atoms with van der Waals surface area (Å²) in [6.45, 7) is 10.4. The molecular weight excluding hydrogens is 448 g/mol. The van der Waals surface area contributed by atoms with Gasteiger partial charge < -0.3 is 20.5 Å². The topological polar surface area (TPSA) is 75.2 Å². The molecule has 2 fully saturated rings. The maximum Gasteiger partial charge on any atom is 0.253 e. The number of hydrogen-bond acceptors (Lipinski definition) is 3. The summed E-state index contributed by atoms with van der Waals surface area (Å²) >= 11 is 6.49. The minimum absolute atomic E-state index is 0.0413. The predicted octanol–water partition coefficient (Wildman–Crippen LogP) is 4.93. The first kappa shape index (κ1) is 24.8. The van der Waals surface area contributed by atoms with Crippen molar-refractivity contribution in [2.75, 3.05) is 13.1 Å². The zero-order valence-corrected chi connectivity index (χ0v) is 21.5. The second-order valence-corrected chi connectivity index (χ2v) is 11.3. The molecule has 1 saturated carbocycles. The van der Waals surface area contributed by atoms with Gasteiger partial charge in [-0.05, 0) is 70.7 Å². The van der Waals surface area contributed by atoms with Gasteiger partial charge in [-0.25, -0.2) is 0 Å². The van der Waals surface area contributed by atoms with Gasteiger partial charge in [-0.1, -0.05) is 30.9 Å². The van der Waals surface area contributed by atoms with Crippen molar-refractivity contribution in [3.8, 4) is 11.3 Å². The van der Waals surface area contributed by atoms with E-state index in [0.717, 1.165) is 36.6 Å². The van der Waals surface area contributed by atoms with E-state index in [-0.39, 0.29) is 23.4 Å². The average molecular weight is 485 g/mol. The molecule has 0 unspecified atom stereocenters. The normalized spacial score (nSPS) is 17.3.